The number of hydrogen-bond acceptors (Lipinski definition) is 2. The van der Waals surface area contributed by atoms with Crippen LogP contribution in [0.1, 0.15) is 38.5 Å². The molecule has 0 N–H and O–H groups in total. The molecule has 4 unspecified atom stereocenters. The molecule has 0 heterocycles. The van der Waals surface area contributed by atoms with Gasteiger partial charge in [0.15, 0.2) is 0 Å². The van der Waals surface area contributed by atoms with Gasteiger partial charge in [-0.3, -0.25) is 0 Å². The van der Waals surface area contributed by atoms with Crippen LogP contribution in [0.15, 0.2) is 0 Å². The van der Waals surface area contributed by atoms with Crippen molar-refractivity contribution >= 4 is 0 Å². The predicted molar refractivity (Wildman–Crippen MR) is 69.6 cm³/mol. The summed E-state index contributed by atoms with van der Waals surface area (Å²) in [5.41, 5.74) is 0. The van der Waals surface area contributed by atoms with Crippen molar-refractivity contribution in [3.8, 4) is 0 Å². The molecule has 2 aliphatic carbocycles. The van der Waals surface area contributed by atoms with Gasteiger partial charge in [0, 0.05) is 12.1 Å². The third-order valence-electron chi connectivity index (χ3n) is 4.94. The van der Waals surface area contributed by atoms with E-state index in [0.29, 0.717) is 0 Å². The molecule has 2 fully saturated rings. The Labute approximate surface area is 101 Å². The summed E-state index contributed by atoms with van der Waals surface area (Å²) in [5.74, 6) is 1.93. The summed E-state index contributed by atoms with van der Waals surface area (Å²) in [7, 11) is 9.07. The molecule has 0 saturated heterocycles. The van der Waals surface area contributed by atoms with Gasteiger partial charge in [-0.15, -0.1) is 0 Å². The van der Waals surface area contributed by atoms with Crippen LogP contribution in [0.4, 0.5) is 0 Å². The number of nitrogens with zero attached hydrogens (tertiary/aromatic N) is 2. The molecule has 2 rings (SSSR count). The van der Waals surface area contributed by atoms with Crippen LogP contribution in [0.25, 0.3) is 0 Å². The summed E-state index contributed by atoms with van der Waals surface area (Å²) < 4.78 is 0. The normalized spacial score (nSPS) is 40.1. The van der Waals surface area contributed by atoms with Crippen LogP contribution in [-0.2, 0) is 0 Å². The first kappa shape index (κ1) is 12.4. The molecule has 2 nitrogen and oxygen atoms in total. The first-order valence-electron chi connectivity index (χ1n) is 6.94. The lowest BCUT2D eigenvalue weighted by atomic mass is 9.83. The lowest BCUT2D eigenvalue weighted by molar-refractivity contribution is 0.128. The summed E-state index contributed by atoms with van der Waals surface area (Å²) in [4.78, 5) is 4.95. The highest BCUT2D eigenvalue weighted by molar-refractivity contribution is 4.95. The molecule has 0 spiro atoms. The largest absolute Gasteiger partial charge is 0.306 e. The van der Waals surface area contributed by atoms with E-state index in [0.717, 1.165) is 23.9 Å². The van der Waals surface area contributed by atoms with Crippen molar-refractivity contribution < 1.29 is 0 Å². The van der Waals surface area contributed by atoms with Gasteiger partial charge in [0.1, 0.15) is 0 Å². The van der Waals surface area contributed by atoms with Crippen molar-refractivity contribution in [1.82, 2.24) is 9.80 Å². The third kappa shape index (κ3) is 2.28. The van der Waals surface area contributed by atoms with Crippen molar-refractivity contribution in [3.05, 3.63) is 0 Å². The molecule has 2 saturated carbocycles. The first-order chi connectivity index (χ1) is 7.61. The maximum absolute atomic E-state index is 2.47. The Balaban J connectivity index is 2.05. The summed E-state index contributed by atoms with van der Waals surface area (Å²) in [6.07, 6.45) is 8.69. The van der Waals surface area contributed by atoms with Crippen LogP contribution in [-0.4, -0.2) is 50.1 Å². The van der Waals surface area contributed by atoms with Gasteiger partial charge < -0.3 is 9.80 Å². The zero-order valence-electron chi connectivity index (χ0n) is 11.4. The van der Waals surface area contributed by atoms with E-state index in [4.69, 9.17) is 0 Å². The fourth-order valence-electron chi connectivity index (χ4n) is 4.22. The van der Waals surface area contributed by atoms with Crippen LogP contribution in [0, 0.1) is 11.8 Å². The van der Waals surface area contributed by atoms with Gasteiger partial charge in [0.2, 0.25) is 0 Å². The highest BCUT2D eigenvalue weighted by Gasteiger charge is 2.41. The monoisotopic (exact) mass is 224 g/mol. The zero-order chi connectivity index (χ0) is 11.7. The summed E-state index contributed by atoms with van der Waals surface area (Å²) in [6.45, 7) is 0. The van der Waals surface area contributed by atoms with Crippen molar-refractivity contribution in [3.63, 3.8) is 0 Å². The van der Waals surface area contributed by atoms with Gasteiger partial charge in [-0.05, 0) is 65.7 Å². The Morgan fingerprint density at radius 3 is 1.31 bits per heavy atom. The van der Waals surface area contributed by atoms with Gasteiger partial charge in [-0.25, -0.2) is 0 Å². The van der Waals surface area contributed by atoms with Gasteiger partial charge >= 0.3 is 0 Å². The Kier molecular flexibility index (Phi) is 3.91. The quantitative estimate of drug-likeness (QED) is 0.726. The van der Waals surface area contributed by atoms with E-state index < -0.39 is 0 Å². The van der Waals surface area contributed by atoms with Crippen LogP contribution in [0.3, 0.4) is 0 Å². The van der Waals surface area contributed by atoms with Gasteiger partial charge in [0.25, 0.3) is 0 Å². The van der Waals surface area contributed by atoms with Gasteiger partial charge in [0.05, 0.1) is 0 Å². The van der Waals surface area contributed by atoms with E-state index in [1.165, 1.54) is 38.5 Å². The van der Waals surface area contributed by atoms with E-state index in [1.54, 1.807) is 0 Å². The molecular formula is C14H28N2. The Morgan fingerprint density at radius 1 is 0.625 bits per heavy atom. The number of hydrogen-bond donors (Lipinski definition) is 0. The smallest absolute Gasteiger partial charge is 0.0121 e. The Bertz CT molecular complexity index is 201. The highest BCUT2D eigenvalue weighted by Crippen LogP contribution is 2.43. The second kappa shape index (κ2) is 5.05. The molecule has 0 aromatic carbocycles. The molecule has 0 aromatic heterocycles. The lowest BCUT2D eigenvalue weighted by Crippen LogP contribution is -2.41. The molecule has 4 atom stereocenters. The second-order valence-corrected chi connectivity index (χ2v) is 6.25. The fourth-order valence-corrected chi connectivity index (χ4v) is 4.22. The molecule has 2 aliphatic rings. The van der Waals surface area contributed by atoms with Crippen LogP contribution in [0.2, 0.25) is 0 Å². The summed E-state index contributed by atoms with van der Waals surface area (Å²) in [6, 6.07) is 1.70. The van der Waals surface area contributed by atoms with Gasteiger partial charge in [-0.1, -0.05) is 12.8 Å². The van der Waals surface area contributed by atoms with E-state index in [9.17, 15) is 0 Å². The van der Waals surface area contributed by atoms with Crippen LogP contribution < -0.4 is 0 Å². The second-order valence-electron chi connectivity index (χ2n) is 6.25. The molecule has 0 radical (unpaired) electrons. The summed E-state index contributed by atoms with van der Waals surface area (Å²) in [5, 5.41) is 0. The third-order valence-corrected chi connectivity index (χ3v) is 4.94. The van der Waals surface area contributed by atoms with Crippen LogP contribution >= 0.6 is 0 Å². The summed E-state index contributed by atoms with van der Waals surface area (Å²) >= 11 is 0. The van der Waals surface area contributed by atoms with E-state index in [1.807, 2.05) is 0 Å². The zero-order valence-corrected chi connectivity index (χ0v) is 11.4. The number of rotatable bonds is 3. The molecule has 0 bridgehead atoms. The molecule has 16 heavy (non-hydrogen) atoms. The molecule has 0 aliphatic heterocycles. The van der Waals surface area contributed by atoms with E-state index >= 15 is 0 Å². The highest BCUT2D eigenvalue weighted by atomic mass is 15.1. The first-order valence-corrected chi connectivity index (χ1v) is 6.94. The predicted octanol–water partition coefficient (Wildman–Crippen LogP) is 2.45. The minimum atomic E-state index is 0.852. The minimum Gasteiger partial charge on any atom is -0.306 e. The topological polar surface area (TPSA) is 6.48 Å². The Morgan fingerprint density at radius 2 is 1.00 bits per heavy atom. The molecule has 94 valence electrons. The average Bonchev–Trinajstić information content (AvgIpc) is 2.85. The SMILES string of the molecule is CN(C)C1CCCC1C1CCCC1N(C)C. The van der Waals surface area contributed by atoms with E-state index in [2.05, 4.69) is 38.0 Å². The Hall–Kier alpha value is -0.0800. The van der Waals surface area contributed by atoms with Crippen molar-refractivity contribution in [1.29, 1.82) is 0 Å². The maximum atomic E-state index is 2.47. The standard InChI is InChI=1S/C14H28N2/c1-15(2)13-9-5-7-11(13)12-8-6-10-14(12)16(3)4/h11-14H,5-10H2,1-4H3. The lowest BCUT2D eigenvalue weighted by Gasteiger charge is -2.36. The van der Waals surface area contributed by atoms with E-state index in [-0.39, 0.29) is 0 Å². The molecule has 2 heteroatoms. The van der Waals surface area contributed by atoms with Crippen molar-refractivity contribution in [2.24, 2.45) is 11.8 Å². The van der Waals surface area contributed by atoms with Crippen molar-refractivity contribution in [2.75, 3.05) is 28.2 Å². The average molecular weight is 224 g/mol. The minimum absolute atomic E-state index is 0.852. The van der Waals surface area contributed by atoms with Gasteiger partial charge in [-0.2, -0.15) is 0 Å². The maximum Gasteiger partial charge on any atom is 0.0121 e. The van der Waals surface area contributed by atoms with Crippen LogP contribution in [0.5, 0.6) is 0 Å². The molecule has 0 aromatic rings. The van der Waals surface area contributed by atoms with Crippen molar-refractivity contribution in [2.45, 2.75) is 50.6 Å². The fraction of sp³-hybridized carbons (Fsp3) is 1.00. The molecule has 0 amide bonds. The molecular weight excluding hydrogens is 196 g/mol.